The minimum atomic E-state index is -0.252. The van der Waals surface area contributed by atoms with Crippen molar-refractivity contribution < 1.29 is 19.1 Å². The molecule has 0 bridgehead atoms. The zero-order valence-electron chi connectivity index (χ0n) is 15.3. The molecule has 138 valence electrons. The molecule has 2 rings (SSSR count). The molecule has 0 spiro atoms. The van der Waals surface area contributed by atoms with Gasteiger partial charge in [0.15, 0.2) is 18.1 Å². The molecule has 0 saturated carbocycles. The van der Waals surface area contributed by atoms with Gasteiger partial charge < -0.3 is 14.8 Å². The van der Waals surface area contributed by atoms with E-state index in [2.05, 4.69) is 27.9 Å². The molecule has 0 atom stereocenters. The summed E-state index contributed by atoms with van der Waals surface area (Å²) in [6.45, 7) is 8.08. The molecule has 1 N–H and O–H groups in total. The van der Waals surface area contributed by atoms with E-state index in [4.69, 9.17) is 9.47 Å². The van der Waals surface area contributed by atoms with E-state index in [-0.39, 0.29) is 12.5 Å². The monoisotopic (exact) mass is 467 g/mol. The van der Waals surface area contributed by atoms with Crippen LogP contribution >= 0.6 is 22.6 Å². The van der Waals surface area contributed by atoms with Gasteiger partial charge in [-0.15, -0.1) is 0 Å². The lowest BCUT2D eigenvalue weighted by Crippen LogP contribution is -2.22. The average molecular weight is 467 g/mol. The second-order valence-corrected chi connectivity index (χ2v) is 7.15. The lowest BCUT2D eigenvalue weighted by atomic mass is 10.1. The number of hydrogen-bond acceptors (Lipinski definition) is 4. The van der Waals surface area contributed by atoms with Crippen molar-refractivity contribution in [3.63, 3.8) is 0 Å². The van der Waals surface area contributed by atoms with E-state index in [1.807, 2.05) is 39.8 Å². The molecular formula is C20H22INO4. The lowest BCUT2D eigenvalue weighted by Gasteiger charge is -2.16. The molecule has 0 unspecified atom stereocenters. The van der Waals surface area contributed by atoms with Gasteiger partial charge in [0.1, 0.15) is 6.29 Å². The van der Waals surface area contributed by atoms with E-state index in [0.717, 1.165) is 28.7 Å². The maximum Gasteiger partial charge on any atom is 0.262 e. The molecule has 0 aliphatic heterocycles. The highest BCUT2D eigenvalue weighted by molar-refractivity contribution is 14.1. The highest BCUT2D eigenvalue weighted by Gasteiger charge is 2.15. The smallest absolute Gasteiger partial charge is 0.262 e. The van der Waals surface area contributed by atoms with E-state index in [9.17, 15) is 9.59 Å². The maximum absolute atomic E-state index is 12.3. The van der Waals surface area contributed by atoms with Crippen molar-refractivity contribution in [2.75, 3.05) is 18.5 Å². The zero-order valence-corrected chi connectivity index (χ0v) is 17.5. The summed E-state index contributed by atoms with van der Waals surface area (Å²) in [7, 11) is 0. The second-order valence-electron chi connectivity index (χ2n) is 5.99. The predicted molar refractivity (Wildman–Crippen MR) is 110 cm³/mol. The number of anilines is 1. The molecule has 26 heavy (non-hydrogen) atoms. The fourth-order valence-electron chi connectivity index (χ4n) is 2.75. The van der Waals surface area contributed by atoms with Crippen molar-refractivity contribution in [1.29, 1.82) is 0 Å². The Labute approximate surface area is 167 Å². The number of aryl methyl sites for hydroxylation is 3. The number of ether oxygens (including phenoxy) is 2. The summed E-state index contributed by atoms with van der Waals surface area (Å²) in [4.78, 5) is 23.4. The number of carbonyl (C=O) groups excluding carboxylic acids is 2. The van der Waals surface area contributed by atoms with Crippen LogP contribution in [0.3, 0.4) is 0 Å². The molecule has 0 aliphatic rings. The van der Waals surface area contributed by atoms with E-state index >= 15 is 0 Å². The average Bonchev–Trinajstić information content (AvgIpc) is 2.57. The van der Waals surface area contributed by atoms with Crippen LogP contribution in [0, 0.1) is 24.3 Å². The van der Waals surface area contributed by atoms with Crippen molar-refractivity contribution in [1.82, 2.24) is 0 Å². The van der Waals surface area contributed by atoms with Gasteiger partial charge >= 0.3 is 0 Å². The standard InChI is InChI=1S/C20H22INO4/c1-5-25-17-9-15(10-23)8-16(21)20(17)26-11-18(24)22-19-13(3)6-12(2)7-14(19)4/h6-10H,5,11H2,1-4H3,(H,22,24). The van der Waals surface area contributed by atoms with Crippen molar-refractivity contribution >= 4 is 40.5 Å². The first-order valence-electron chi connectivity index (χ1n) is 8.27. The Morgan fingerprint density at radius 3 is 2.35 bits per heavy atom. The normalized spacial score (nSPS) is 10.3. The van der Waals surface area contributed by atoms with E-state index in [1.54, 1.807) is 12.1 Å². The van der Waals surface area contributed by atoms with Crippen LogP contribution in [0.5, 0.6) is 11.5 Å². The first-order chi connectivity index (χ1) is 12.3. The summed E-state index contributed by atoms with van der Waals surface area (Å²) in [6.07, 6.45) is 0.754. The topological polar surface area (TPSA) is 64.6 Å². The minimum Gasteiger partial charge on any atom is -0.490 e. The highest BCUT2D eigenvalue weighted by Crippen LogP contribution is 2.34. The first kappa shape index (κ1) is 20.2. The number of rotatable bonds is 7. The summed E-state index contributed by atoms with van der Waals surface area (Å²) >= 11 is 2.06. The van der Waals surface area contributed by atoms with Crippen molar-refractivity contribution in [3.8, 4) is 11.5 Å². The van der Waals surface area contributed by atoms with Crippen molar-refractivity contribution in [3.05, 3.63) is 50.1 Å². The number of amides is 1. The van der Waals surface area contributed by atoms with Crippen LogP contribution in [0.15, 0.2) is 24.3 Å². The summed E-state index contributed by atoms with van der Waals surface area (Å²) in [6, 6.07) is 7.35. The Balaban J connectivity index is 2.14. The minimum absolute atomic E-state index is 0.150. The number of hydrogen-bond donors (Lipinski definition) is 1. The van der Waals surface area contributed by atoms with Crippen molar-refractivity contribution in [2.45, 2.75) is 27.7 Å². The van der Waals surface area contributed by atoms with Crippen LogP contribution in [0.25, 0.3) is 0 Å². The highest BCUT2D eigenvalue weighted by atomic mass is 127. The van der Waals surface area contributed by atoms with Crippen LogP contribution in [-0.4, -0.2) is 25.4 Å². The summed E-state index contributed by atoms with van der Waals surface area (Å²) in [5, 5.41) is 2.91. The maximum atomic E-state index is 12.3. The van der Waals surface area contributed by atoms with Gasteiger partial charge in [-0.1, -0.05) is 17.7 Å². The molecule has 5 nitrogen and oxygen atoms in total. The van der Waals surface area contributed by atoms with Gasteiger partial charge in [0.25, 0.3) is 5.91 Å². The SMILES string of the molecule is CCOc1cc(C=O)cc(I)c1OCC(=O)Nc1c(C)cc(C)cc1C. The van der Waals surface area contributed by atoms with Crippen molar-refractivity contribution in [2.24, 2.45) is 0 Å². The van der Waals surface area contributed by atoms with E-state index < -0.39 is 0 Å². The third kappa shape index (κ3) is 4.97. The van der Waals surface area contributed by atoms with Gasteiger partial charge in [0.05, 0.1) is 10.2 Å². The molecule has 2 aromatic rings. The Kier molecular flexibility index (Phi) is 7.02. The largest absolute Gasteiger partial charge is 0.490 e. The Hall–Kier alpha value is -2.09. The third-order valence-corrected chi connectivity index (χ3v) is 4.56. The second kappa shape index (κ2) is 9.02. The molecule has 0 saturated heterocycles. The van der Waals surface area contributed by atoms with Gasteiger partial charge in [-0.25, -0.2) is 0 Å². The summed E-state index contributed by atoms with van der Waals surface area (Å²) in [5.74, 6) is 0.667. The van der Waals surface area contributed by atoms with Gasteiger partial charge in [-0.3, -0.25) is 9.59 Å². The van der Waals surface area contributed by atoms with Crippen LogP contribution in [0.4, 0.5) is 5.69 Å². The van der Waals surface area contributed by atoms with Gasteiger partial charge in [-0.05, 0) is 73.5 Å². The number of aldehydes is 1. The Bertz CT molecular complexity index is 810. The molecule has 2 aromatic carbocycles. The number of benzene rings is 2. The van der Waals surface area contributed by atoms with E-state index in [1.165, 1.54) is 0 Å². The van der Waals surface area contributed by atoms with Crippen LogP contribution in [0.2, 0.25) is 0 Å². The van der Waals surface area contributed by atoms with Gasteiger partial charge in [0.2, 0.25) is 0 Å². The lowest BCUT2D eigenvalue weighted by molar-refractivity contribution is -0.118. The van der Waals surface area contributed by atoms with Gasteiger partial charge in [0, 0.05) is 11.3 Å². The number of nitrogens with one attached hydrogen (secondary N) is 1. The fourth-order valence-corrected chi connectivity index (χ4v) is 3.53. The summed E-state index contributed by atoms with van der Waals surface area (Å²) in [5.41, 5.74) is 4.48. The summed E-state index contributed by atoms with van der Waals surface area (Å²) < 4.78 is 12.0. The quantitative estimate of drug-likeness (QED) is 0.483. The Morgan fingerprint density at radius 1 is 1.12 bits per heavy atom. The molecule has 0 fully saturated rings. The molecule has 1 amide bonds. The van der Waals surface area contributed by atoms with Crippen LogP contribution < -0.4 is 14.8 Å². The number of halogens is 1. The fraction of sp³-hybridized carbons (Fsp3) is 0.300. The van der Waals surface area contributed by atoms with Crippen LogP contribution in [0.1, 0.15) is 34.0 Å². The molecular weight excluding hydrogens is 445 g/mol. The molecule has 6 heteroatoms. The molecule has 0 aliphatic carbocycles. The first-order valence-corrected chi connectivity index (χ1v) is 9.35. The van der Waals surface area contributed by atoms with Crippen LogP contribution in [-0.2, 0) is 4.79 Å². The predicted octanol–water partition coefficient (Wildman–Crippen LogP) is 4.45. The molecule has 0 heterocycles. The molecule has 0 radical (unpaired) electrons. The number of carbonyl (C=O) groups is 2. The van der Waals surface area contributed by atoms with E-state index in [0.29, 0.717) is 27.2 Å². The Morgan fingerprint density at radius 2 is 1.77 bits per heavy atom. The van der Waals surface area contributed by atoms with Gasteiger partial charge in [-0.2, -0.15) is 0 Å². The third-order valence-electron chi connectivity index (χ3n) is 3.76. The zero-order chi connectivity index (χ0) is 19.3. The molecule has 0 aromatic heterocycles.